The zero-order valence-corrected chi connectivity index (χ0v) is 18.6. The van der Waals surface area contributed by atoms with Crippen molar-refractivity contribution >= 4 is 39.1 Å². The lowest BCUT2D eigenvalue weighted by molar-refractivity contribution is 0.0938. The molecule has 0 aromatic carbocycles. The summed E-state index contributed by atoms with van der Waals surface area (Å²) in [6.07, 6.45) is 4.13. The molecule has 5 rings (SSSR count). The van der Waals surface area contributed by atoms with Crippen LogP contribution in [0.3, 0.4) is 0 Å². The van der Waals surface area contributed by atoms with E-state index in [9.17, 15) is 4.79 Å². The Kier molecular flexibility index (Phi) is 5.02. The van der Waals surface area contributed by atoms with Gasteiger partial charge in [-0.2, -0.15) is 0 Å². The molecule has 0 saturated carbocycles. The van der Waals surface area contributed by atoms with E-state index >= 15 is 0 Å². The number of aryl methyl sites for hydroxylation is 2. The number of carbonyl (C=O) groups is 1. The number of hydrogen-bond donors (Lipinski definition) is 3. The van der Waals surface area contributed by atoms with E-state index in [1.807, 2.05) is 6.92 Å². The Balaban J connectivity index is 1.29. The maximum absolute atomic E-state index is 12.9. The van der Waals surface area contributed by atoms with Gasteiger partial charge >= 0.3 is 0 Å². The largest absolute Gasteiger partial charge is 0.396 e. The molecule has 4 heterocycles. The van der Waals surface area contributed by atoms with Gasteiger partial charge in [-0.15, -0.1) is 11.3 Å². The summed E-state index contributed by atoms with van der Waals surface area (Å²) >= 11 is 1.30. The van der Waals surface area contributed by atoms with Gasteiger partial charge < -0.3 is 21.7 Å². The Morgan fingerprint density at radius 3 is 2.90 bits per heavy atom. The summed E-state index contributed by atoms with van der Waals surface area (Å²) in [5.74, 6) is 1.33. The summed E-state index contributed by atoms with van der Waals surface area (Å²) in [5.41, 5.74) is 16.5. The second kappa shape index (κ2) is 7.72. The highest BCUT2D eigenvalue weighted by atomic mass is 32.1. The van der Waals surface area contributed by atoms with Crippen LogP contribution in [0.25, 0.3) is 10.3 Å². The number of anilines is 2. The van der Waals surface area contributed by atoms with Gasteiger partial charge in [0.1, 0.15) is 21.0 Å². The van der Waals surface area contributed by atoms with E-state index in [4.69, 9.17) is 16.5 Å². The highest BCUT2D eigenvalue weighted by Gasteiger charge is 2.29. The van der Waals surface area contributed by atoms with Crippen molar-refractivity contribution in [2.24, 2.45) is 11.7 Å². The third-order valence-corrected chi connectivity index (χ3v) is 7.43. The van der Waals surface area contributed by atoms with Crippen molar-refractivity contribution in [3.8, 4) is 0 Å². The number of aromatic nitrogens is 3. The quantitative estimate of drug-likeness (QED) is 0.573. The number of fused-ring (bicyclic) bond motifs is 2. The first-order valence-electron chi connectivity index (χ1n) is 10.7. The van der Waals surface area contributed by atoms with Gasteiger partial charge in [-0.05, 0) is 43.7 Å². The molecule has 3 aromatic rings. The van der Waals surface area contributed by atoms with Crippen LogP contribution in [0.1, 0.15) is 40.0 Å². The minimum Gasteiger partial charge on any atom is -0.396 e. The van der Waals surface area contributed by atoms with Gasteiger partial charge in [-0.25, -0.2) is 15.0 Å². The van der Waals surface area contributed by atoms with Gasteiger partial charge in [0.05, 0.1) is 11.4 Å². The summed E-state index contributed by atoms with van der Waals surface area (Å²) in [4.78, 5) is 30.1. The van der Waals surface area contributed by atoms with Crippen molar-refractivity contribution in [1.29, 1.82) is 0 Å². The van der Waals surface area contributed by atoms with E-state index in [2.05, 4.69) is 39.2 Å². The number of thiophene rings is 1. The molecule has 1 saturated heterocycles. The number of carbonyl (C=O) groups excluding carboxylic acids is 1. The zero-order valence-electron chi connectivity index (χ0n) is 17.8. The molecule has 162 valence electrons. The van der Waals surface area contributed by atoms with Crippen molar-refractivity contribution in [2.75, 3.05) is 23.7 Å². The molecule has 31 heavy (non-hydrogen) atoms. The van der Waals surface area contributed by atoms with Crippen LogP contribution in [0.15, 0.2) is 18.3 Å². The Bertz CT molecular complexity index is 1150. The third-order valence-electron chi connectivity index (χ3n) is 6.35. The maximum atomic E-state index is 12.9. The SMILES string of the molecule is Cc1cnc2c(N)c(C(=O)NC3CCc4nc(N5CC(C)C(N)C5)ccc4C3)sc2n1. The lowest BCUT2D eigenvalue weighted by atomic mass is 9.91. The minimum absolute atomic E-state index is 0.0557. The Labute approximate surface area is 185 Å². The smallest absolute Gasteiger partial charge is 0.263 e. The Morgan fingerprint density at radius 1 is 1.29 bits per heavy atom. The van der Waals surface area contributed by atoms with Gasteiger partial charge in [-0.1, -0.05) is 13.0 Å². The zero-order chi connectivity index (χ0) is 21.7. The Hall–Kier alpha value is -2.78. The Morgan fingerprint density at radius 2 is 2.13 bits per heavy atom. The van der Waals surface area contributed by atoms with E-state index < -0.39 is 0 Å². The van der Waals surface area contributed by atoms with Crippen LogP contribution >= 0.6 is 11.3 Å². The van der Waals surface area contributed by atoms with Gasteiger partial charge in [0.15, 0.2) is 0 Å². The van der Waals surface area contributed by atoms with Crippen LogP contribution in [-0.2, 0) is 12.8 Å². The fraction of sp³-hybridized carbons (Fsp3) is 0.455. The number of amides is 1. The molecular formula is C22H27N7OS. The van der Waals surface area contributed by atoms with Crippen molar-refractivity contribution < 1.29 is 4.79 Å². The molecule has 3 aromatic heterocycles. The molecule has 9 heteroatoms. The van der Waals surface area contributed by atoms with Crippen molar-refractivity contribution in [3.05, 3.63) is 40.2 Å². The molecule has 2 aliphatic rings. The van der Waals surface area contributed by atoms with Crippen LogP contribution in [0, 0.1) is 12.8 Å². The molecule has 8 nitrogen and oxygen atoms in total. The molecule has 0 radical (unpaired) electrons. The molecule has 3 atom stereocenters. The lowest BCUT2D eigenvalue weighted by Crippen LogP contribution is -2.39. The number of pyridine rings is 1. The highest BCUT2D eigenvalue weighted by molar-refractivity contribution is 7.21. The summed E-state index contributed by atoms with van der Waals surface area (Å²) < 4.78 is 0. The topological polar surface area (TPSA) is 123 Å². The molecule has 5 N–H and O–H groups in total. The van der Waals surface area contributed by atoms with Crippen LogP contribution in [0.5, 0.6) is 0 Å². The average molecular weight is 438 g/mol. The molecule has 0 bridgehead atoms. The summed E-state index contributed by atoms with van der Waals surface area (Å²) in [7, 11) is 0. The van der Waals surface area contributed by atoms with E-state index in [1.165, 1.54) is 16.9 Å². The normalized spacial score (nSPS) is 23.2. The number of nitrogens with zero attached hydrogens (tertiary/aromatic N) is 4. The first-order valence-corrected chi connectivity index (χ1v) is 11.5. The fourth-order valence-electron chi connectivity index (χ4n) is 4.47. The van der Waals surface area contributed by atoms with Crippen LogP contribution in [-0.4, -0.2) is 46.0 Å². The third kappa shape index (κ3) is 3.72. The molecule has 0 spiro atoms. The van der Waals surface area contributed by atoms with Gasteiger partial charge in [-0.3, -0.25) is 4.79 Å². The average Bonchev–Trinajstić information content (AvgIpc) is 3.26. The number of nitrogen functional groups attached to an aromatic ring is 1. The number of nitrogens with two attached hydrogens (primary N) is 2. The fourth-order valence-corrected chi connectivity index (χ4v) is 5.47. The van der Waals surface area contributed by atoms with Crippen LogP contribution < -0.4 is 21.7 Å². The monoisotopic (exact) mass is 437 g/mol. The van der Waals surface area contributed by atoms with Crippen LogP contribution in [0.4, 0.5) is 11.5 Å². The summed E-state index contributed by atoms with van der Waals surface area (Å²) in [6, 6.07) is 4.49. The van der Waals surface area contributed by atoms with Crippen LogP contribution in [0.2, 0.25) is 0 Å². The van der Waals surface area contributed by atoms with Gasteiger partial charge in [0.2, 0.25) is 0 Å². The first-order chi connectivity index (χ1) is 14.9. The van der Waals surface area contributed by atoms with Crippen molar-refractivity contribution in [3.63, 3.8) is 0 Å². The van der Waals surface area contributed by atoms with E-state index in [0.29, 0.717) is 26.8 Å². The number of rotatable bonds is 3. The minimum atomic E-state index is -0.155. The van der Waals surface area contributed by atoms with Gasteiger partial charge in [0.25, 0.3) is 5.91 Å². The van der Waals surface area contributed by atoms with E-state index in [0.717, 1.165) is 49.6 Å². The molecule has 1 aliphatic heterocycles. The van der Waals surface area contributed by atoms with E-state index in [1.54, 1.807) is 6.20 Å². The molecular weight excluding hydrogens is 410 g/mol. The number of nitrogens with one attached hydrogen (secondary N) is 1. The maximum Gasteiger partial charge on any atom is 0.263 e. The van der Waals surface area contributed by atoms with Gasteiger partial charge in [0, 0.05) is 37.1 Å². The molecule has 1 amide bonds. The second-order valence-electron chi connectivity index (χ2n) is 8.74. The summed E-state index contributed by atoms with van der Waals surface area (Å²) in [5, 5.41) is 3.15. The summed E-state index contributed by atoms with van der Waals surface area (Å²) in [6.45, 7) is 5.86. The van der Waals surface area contributed by atoms with Crippen molar-refractivity contribution in [2.45, 2.75) is 45.2 Å². The second-order valence-corrected chi connectivity index (χ2v) is 9.74. The molecule has 1 fully saturated rings. The standard InChI is InChI=1S/C22H27N7OS/c1-11-9-29(10-15(11)23)17-6-3-13-7-14(4-5-16(13)28-17)27-21(30)20-18(24)19-22(31-20)26-12(2)8-25-19/h3,6,8,11,14-15H,4-5,7,9-10,23-24H2,1-2H3,(H,27,30). The molecule has 3 unspecified atom stereocenters. The first kappa shape index (κ1) is 20.1. The highest BCUT2D eigenvalue weighted by Crippen LogP contribution is 2.31. The molecule has 1 aliphatic carbocycles. The predicted molar refractivity (Wildman–Crippen MR) is 123 cm³/mol. The number of hydrogen-bond acceptors (Lipinski definition) is 8. The predicted octanol–water partition coefficient (Wildman–Crippen LogP) is 2.05. The van der Waals surface area contributed by atoms with E-state index in [-0.39, 0.29) is 18.0 Å². The van der Waals surface area contributed by atoms with Crippen molar-refractivity contribution in [1.82, 2.24) is 20.3 Å². The lowest BCUT2D eigenvalue weighted by Gasteiger charge is -2.26.